The molecule has 3 aliphatic rings. The molecule has 3 fully saturated rings. The molecule has 2 saturated heterocycles. The molecule has 2 aliphatic heterocycles. The van der Waals surface area contributed by atoms with Crippen molar-refractivity contribution < 1.29 is 27.6 Å². The van der Waals surface area contributed by atoms with Crippen LogP contribution in [0.1, 0.15) is 47.3 Å². The van der Waals surface area contributed by atoms with E-state index in [1.807, 2.05) is 27.9 Å². The molecule has 0 N–H and O–H groups in total. The van der Waals surface area contributed by atoms with Crippen molar-refractivity contribution in [1.82, 2.24) is 24.7 Å². The van der Waals surface area contributed by atoms with Gasteiger partial charge in [0.25, 0.3) is 5.91 Å². The maximum Gasteiger partial charge on any atom is 0.433 e. The number of alkyl halides is 3. The predicted octanol–water partition coefficient (Wildman–Crippen LogP) is 4.85. The molecule has 8 nitrogen and oxygen atoms in total. The molecule has 6 rings (SSSR count). The number of thiophene rings is 1. The lowest BCUT2D eigenvalue weighted by atomic mass is 9.99. The number of imide groups is 1. The van der Waals surface area contributed by atoms with E-state index < -0.39 is 11.9 Å². The number of hydrogen-bond donors (Lipinski definition) is 0. The van der Waals surface area contributed by atoms with E-state index in [2.05, 4.69) is 21.8 Å². The Labute approximate surface area is 245 Å². The summed E-state index contributed by atoms with van der Waals surface area (Å²) in [5.41, 5.74) is -0.285. The number of carbonyl (C=O) groups excluding carboxylic acids is 3. The third-order valence-electron chi connectivity index (χ3n) is 9.17. The summed E-state index contributed by atoms with van der Waals surface area (Å²) < 4.78 is 42.4. The molecule has 0 aromatic carbocycles. The first kappa shape index (κ1) is 28.7. The van der Waals surface area contributed by atoms with Gasteiger partial charge in [0.2, 0.25) is 11.8 Å². The Morgan fingerprint density at radius 3 is 2.40 bits per heavy atom. The number of nitrogens with zero attached hydrogens (tertiary/aromatic N) is 5. The molecule has 0 bridgehead atoms. The van der Waals surface area contributed by atoms with Gasteiger partial charge < -0.3 is 9.80 Å². The maximum absolute atomic E-state index is 14.0. The van der Waals surface area contributed by atoms with E-state index in [9.17, 15) is 27.6 Å². The Bertz CT molecular complexity index is 1620. The van der Waals surface area contributed by atoms with Crippen molar-refractivity contribution >= 4 is 39.3 Å². The smallest absolute Gasteiger partial charge is 0.337 e. The summed E-state index contributed by atoms with van der Waals surface area (Å²) in [5, 5.41) is 0. The number of likely N-dealkylation sites (tertiary alicyclic amines) is 2. The number of aryl methyl sites for hydroxylation is 1. The molecule has 1 aliphatic carbocycles. The second-order valence-corrected chi connectivity index (χ2v) is 13.7. The van der Waals surface area contributed by atoms with Crippen LogP contribution < -0.4 is 0 Å². The highest BCUT2D eigenvalue weighted by Crippen LogP contribution is 2.63. The Morgan fingerprint density at radius 2 is 1.81 bits per heavy atom. The van der Waals surface area contributed by atoms with Crippen molar-refractivity contribution in [3.8, 4) is 11.3 Å². The third-order valence-corrected chi connectivity index (χ3v) is 10.3. The molecule has 2 unspecified atom stereocenters. The van der Waals surface area contributed by atoms with Gasteiger partial charge in [-0.05, 0) is 56.1 Å². The predicted molar refractivity (Wildman–Crippen MR) is 151 cm³/mol. The largest absolute Gasteiger partial charge is 0.433 e. The van der Waals surface area contributed by atoms with Crippen molar-refractivity contribution in [2.75, 3.05) is 27.2 Å². The van der Waals surface area contributed by atoms with E-state index in [-0.39, 0.29) is 70.3 Å². The van der Waals surface area contributed by atoms with E-state index in [0.717, 1.165) is 6.07 Å². The first-order valence-electron chi connectivity index (χ1n) is 13.9. The van der Waals surface area contributed by atoms with Gasteiger partial charge in [-0.1, -0.05) is 20.8 Å². The summed E-state index contributed by atoms with van der Waals surface area (Å²) in [5.74, 6) is -1.18. The number of hydrogen-bond acceptors (Lipinski definition) is 7. The van der Waals surface area contributed by atoms with Crippen LogP contribution in [0.4, 0.5) is 13.2 Å². The zero-order valence-corrected chi connectivity index (χ0v) is 25.1. The van der Waals surface area contributed by atoms with Gasteiger partial charge in [0.05, 0.1) is 39.9 Å². The quantitative estimate of drug-likeness (QED) is 0.390. The SMILES string of the molecule is Cc1cc(C(F)(F)F)nc(-c2ccnc3cc(CN4C(=O)C5C(C4=O)C5(C)C)sc23)c1C(=O)N1C[C@@H](C)[C@H](N(C)C)C1. The van der Waals surface area contributed by atoms with Crippen LogP contribution in [-0.2, 0) is 22.3 Å². The van der Waals surface area contributed by atoms with Crippen molar-refractivity contribution in [3.63, 3.8) is 0 Å². The number of fused-ring (bicyclic) bond motifs is 2. The third kappa shape index (κ3) is 4.41. The summed E-state index contributed by atoms with van der Waals surface area (Å²) in [6, 6.07) is 4.36. The lowest BCUT2D eigenvalue weighted by Crippen LogP contribution is -2.36. The average Bonchev–Trinajstić information content (AvgIpc) is 3.25. The highest BCUT2D eigenvalue weighted by atomic mass is 32.1. The Hall–Kier alpha value is -3.38. The molecule has 3 aromatic rings. The molecule has 1 saturated carbocycles. The minimum atomic E-state index is -4.71. The minimum Gasteiger partial charge on any atom is -0.337 e. The number of rotatable bonds is 5. The molecule has 3 amide bonds. The fourth-order valence-electron chi connectivity index (χ4n) is 6.80. The highest BCUT2D eigenvalue weighted by molar-refractivity contribution is 7.19. The fraction of sp³-hybridized carbons (Fsp3) is 0.500. The number of likely N-dealkylation sites (N-methyl/N-ethyl adjacent to an activating group) is 1. The van der Waals surface area contributed by atoms with Gasteiger partial charge >= 0.3 is 6.18 Å². The van der Waals surface area contributed by atoms with Crippen LogP contribution in [0.5, 0.6) is 0 Å². The first-order chi connectivity index (χ1) is 19.6. The monoisotopic (exact) mass is 599 g/mol. The molecule has 12 heteroatoms. The lowest BCUT2D eigenvalue weighted by molar-refractivity contribution is -0.144. The molecular formula is C30H32F3N5O3S. The van der Waals surface area contributed by atoms with Crippen molar-refractivity contribution in [1.29, 1.82) is 0 Å². The summed E-state index contributed by atoms with van der Waals surface area (Å²) in [6.07, 6.45) is -3.24. The minimum absolute atomic E-state index is 0.0506. The van der Waals surface area contributed by atoms with Crippen LogP contribution in [0.25, 0.3) is 21.5 Å². The van der Waals surface area contributed by atoms with Crippen LogP contribution in [-0.4, -0.2) is 75.6 Å². The fourth-order valence-corrected chi connectivity index (χ4v) is 7.91. The molecule has 0 spiro atoms. The van der Waals surface area contributed by atoms with Gasteiger partial charge in [0.15, 0.2) is 0 Å². The van der Waals surface area contributed by atoms with Gasteiger partial charge in [0, 0.05) is 35.8 Å². The second kappa shape index (κ2) is 9.57. The van der Waals surface area contributed by atoms with E-state index >= 15 is 0 Å². The molecule has 222 valence electrons. The summed E-state index contributed by atoms with van der Waals surface area (Å²) in [4.78, 5) is 53.9. The van der Waals surface area contributed by atoms with Crippen molar-refractivity contribution in [3.05, 3.63) is 46.1 Å². The van der Waals surface area contributed by atoms with Gasteiger partial charge in [-0.2, -0.15) is 13.2 Å². The van der Waals surface area contributed by atoms with Crippen molar-refractivity contribution in [2.45, 2.75) is 46.5 Å². The second-order valence-electron chi connectivity index (χ2n) is 12.6. The summed E-state index contributed by atoms with van der Waals surface area (Å²) in [7, 11) is 3.89. The van der Waals surface area contributed by atoms with Crippen LogP contribution in [0.3, 0.4) is 0 Å². The first-order valence-corrected chi connectivity index (χ1v) is 14.7. The van der Waals surface area contributed by atoms with Crippen LogP contribution >= 0.6 is 11.3 Å². The van der Waals surface area contributed by atoms with E-state index in [4.69, 9.17) is 0 Å². The Balaban J connectivity index is 1.42. The topological polar surface area (TPSA) is 86.7 Å². The van der Waals surface area contributed by atoms with Gasteiger partial charge in [0.1, 0.15) is 5.69 Å². The molecule has 5 heterocycles. The van der Waals surface area contributed by atoms with Crippen LogP contribution in [0, 0.1) is 30.1 Å². The maximum atomic E-state index is 14.0. The average molecular weight is 600 g/mol. The van der Waals surface area contributed by atoms with E-state index in [0.29, 0.717) is 33.7 Å². The standard InChI is InChI=1S/C30H32F3N5O3S/c1-14-9-20(30(31,32)33)35-24(21(14)26(39)37-11-15(2)19(13-37)36(5)6)17-7-8-34-18-10-16(42-25(17)18)12-38-27(40)22-23(28(38)41)29(22,3)4/h7-10,15,19,22-23H,11-13H2,1-6H3/t15-,19-,22?,23?/m1/s1. The highest BCUT2D eigenvalue weighted by Gasteiger charge is 2.72. The van der Waals surface area contributed by atoms with Crippen LogP contribution in [0.2, 0.25) is 0 Å². The van der Waals surface area contributed by atoms with Crippen molar-refractivity contribution in [2.24, 2.45) is 23.2 Å². The van der Waals surface area contributed by atoms with Gasteiger partial charge in [-0.15, -0.1) is 11.3 Å². The van der Waals surface area contributed by atoms with Gasteiger partial charge in [-0.3, -0.25) is 24.3 Å². The van der Waals surface area contributed by atoms with Gasteiger partial charge in [-0.25, -0.2) is 4.98 Å². The van der Waals surface area contributed by atoms with E-state index in [1.54, 1.807) is 17.0 Å². The summed E-state index contributed by atoms with van der Waals surface area (Å²) >= 11 is 1.24. The molecule has 42 heavy (non-hydrogen) atoms. The zero-order valence-electron chi connectivity index (χ0n) is 24.2. The number of pyridine rings is 2. The molecule has 0 radical (unpaired) electrons. The molecule has 3 aromatic heterocycles. The summed E-state index contributed by atoms with van der Waals surface area (Å²) in [6.45, 7) is 8.39. The zero-order chi connectivity index (χ0) is 30.5. The van der Waals surface area contributed by atoms with E-state index in [1.165, 1.54) is 29.4 Å². The number of halogens is 3. The molecular weight excluding hydrogens is 567 g/mol. The Kier molecular flexibility index (Phi) is 6.54. The Morgan fingerprint density at radius 1 is 1.14 bits per heavy atom. The number of amides is 3. The number of piperidine rings is 1. The number of carbonyl (C=O) groups is 3. The van der Waals surface area contributed by atoms with Crippen LogP contribution in [0.15, 0.2) is 24.4 Å². The number of aromatic nitrogens is 2. The molecule has 4 atom stereocenters. The lowest BCUT2D eigenvalue weighted by Gasteiger charge is -2.23. The normalized spacial score (nSPS) is 25.2.